The van der Waals surface area contributed by atoms with E-state index in [0.29, 0.717) is 49.3 Å². The number of nitrogen functional groups attached to an aromatic ring is 1. The van der Waals surface area contributed by atoms with Crippen LogP contribution in [-0.4, -0.2) is 67.2 Å². The van der Waals surface area contributed by atoms with Crippen LogP contribution in [0.15, 0.2) is 88.7 Å². The molecule has 1 aliphatic rings. The molecule has 5 aromatic rings. The van der Waals surface area contributed by atoms with Crippen LogP contribution in [0.4, 0.5) is 34.6 Å². The number of rotatable bonds is 10. The van der Waals surface area contributed by atoms with Crippen molar-refractivity contribution in [3.8, 4) is 11.4 Å². The molecule has 1 saturated heterocycles. The third kappa shape index (κ3) is 8.50. The molecule has 1 aromatic heterocycles. The summed E-state index contributed by atoms with van der Waals surface area (Å²) in [4.78, 5) is 14.6. The largest absolute Gasteiger partial charge is 0.397 e. The van der Waals surface area contributed by atoms with Crippen molar-refractivity contribution >= 4 is 67.0 Å². The average molecular weight is 730 g/mol. The van der Waals surface area contributed by atoms with Crippen LogP contribution in [0.25, 0.3) is 23.5 Å². The van der Waals surface area contributed by atoms with Crippen molar-refractivity contribution in [3.05, 3.63) is 101 Å². The van der Waals surface area contributed by atoms with Gasteiger partial charge in [0.05, 0.1) is 18.9 Å². The maximum Gasteiger partial charge on any atom is 0.297 e. The summed E-state index contributed by atoms with van der Waals surface area (Å²) in [5.74, 6) is 0.539. The fourth-order valence-corrected chi connectivity index (χ4v) is 6.93. The zero-order chi connectivity index (χ0) is 36.3. The lowest BCUT2D eigenvalue weighted by Crippen LogP contribution is -2.37. The van der Waals surface area contributed by atoms with E-state index in [0.717, 1.165) is 11.1 Å². The lowest BCUT2D eigenvalue weighted by atomic mass is 10.1. The molecule has 4 aromatic carbocycles. The van der Waals surface area contributed by atoms with Crippen molar-refractivity contribution in [1.29, 1.82) is 0 Å². The molecule has 6 rings (SSSR count). The summed E-state index contributed by atoms with van der Waals surface area (Å²) in [6.45, 7) is 5.84. The van der Waals surface area contributed by atoms with Crippen molar-refractivity contribution in [3.63, 3.8) is 0 Å². The highest BCUT2D eigenvalue weighted by Gasteiger charge is 2.25. The predicted molar refractivity (Wildman–Crippen MR) is 197 cm³/mol. The normalized spacial score (nSPS) is 13.8. The number of nitrogens with two attached hydrogens (primary N) is 1. The van der Waals surface area contributed by atoms with Gasteiger partial charge in [-0.25, -0.2) is 0 Å². The van der Waals surface area contributed by atoms with Crippen molar-refractivity contribution < 1.29 is 30.7 Å². The van der Waals surface area contributed by atoms with Crippen LogP contribution in [-0.2, 0) is 25.0 Å². The number of nitrogens with one attached hydrogen (secondary N) is 2. The zero-order valence-corrected chi connectivity index (χ0v) is 29.2. The predicted octanol–water partition coefficient (Wildman–Crippen LogP) is 5.73. The molecule has 16 heteroatoms. The Bertz CT molecular complexity index is 2330. The maximum atomic E-state index is 12.8. The second kappa shape index (κ2) is 14.5. The number of ether oxygens (including phenoxy) is 1. The second-order valence-corrected chi connectivity index (χ2v) is 14.6. The average Bonchev–Trinajstić information content (AvgIpc) is 3.09. The third-order valence-electron chi connectivity index (χ3n) is 8.02. The lowest BCUT2D eigenvalue weighted by molar-refractivity contribution is 0.122. The van der Waals surface area contributed by atoms with E-state index >= 15 is 0 Å². The molecule has 0 radical (unpaired) electrons. The molecule has 0 saturated carbocycles. The molecule has 1 aliphatic heterocycles. The summed E-state index contributed by atoms with van der Waals surface area (Å²) in [6.07, 6.45) is 2.57. The molecule has 0 aliphatic carbocycles. The van der Waals surface area contributed by atoms with Gasteiger partial charge in [0, 0.05) is 35.7 Å². The molecule has 0 spiro atoms. The van der Waals surface area contributed by atoms with E-state index in [1.807, 2.05) is 67.3 Å². The first-order valence-electron chi connectivity index (χ1n) is 15.7. The maximum absolute atomic E-state index is 12.8. The van der Waals surface area contributed by atoms with Gasteiger partial charge < -0.3 is 26.0 Å². The lowest BCUT2D eigenvalue weighted by Gasteiger charge is -2.27. The van der Waals surface area contributed by atoms with Gasteiger partial charge in [-0.3, -0.25) is 9.11 Å². The monoisotopic (exact) mass is 729 g/mol. The molecule has 2 heterocycles. The van der Waals surface area contributed by atoms with E-state index in [9.17, 15) is 25.9 Å². The number of aromatic nitrogens is 3. The fourth-order valence-electron chi connectivity index (χ4n) is 5.40. The number of nitrogens with zero attached hydrogens (tertiary/aromatic N) is 4. The van der Waals surface area contributed by atoms with Crippen LogP contribution in [0.2, 0.25) is 0 Å². The molecule has 51 heavy (non-hydrogen) atoms. The minimum absolute atomic E-state index is 0.0457. The zero-order valence-electron chi connectivity index (χ0n) is 27.6. The standard InChI is InChI=1S/C35H35N7O7S2/c1-22-3-11-26(12-4-22)37-28-15-9-24(30(21-28)50(43,44)45)7-8-25-10-16-29(31(36)32(25)51(46,47)48)33-39-34(38-27-13-5-23(2)6-14-27)41-35(40-33)42-17-19-49-20-18-42/h3-16,21,37H,17-20,36H2,1-2H3,(H,43,44,45)(H,46,47,48)(H,38,39,40,41). The van der Waals surface area contributed by atoms with E-state index in [1.54, 1.807) is 6.07 Å². The van der Waals surface area contributed by atoms with Crippen LogP contribution in [0, 0.1) is 13.8 Å². The summed E-state index contributed by atoms with van der Waals surface area (Å²) in [7, 11) is -9.66. The highest BCUT2D eigenvalue weighted by Crippen LogP contribution is 2.35. The second-order valence-electron chi connectivity index (χ2n) is 11.8. The molecule has 264 valence electrons. The van der Waals surface area contributed by atoms with Crippen LogP contribution >= 0.6 is 0 Å². The number of anilines is 6. The van der Waals surface area contributed by atoms with Crippen LogP contribution < -0.4 is 21.3 Å². The number of benzene rings is 4. The molecular weight excluding hydrogens is 695 g/mol. The molecule has 0 bridgehead atoms. The van der Waals surface area contributed by atoms with Crippen LogP contribution in [0.3, 0.4) is 0 Å². The summed E-state index contributed by atoms with van der Waals surface area (Å²) < 4.78 is 76.3. The molecule has 1 fully saturated rings. The molecule has 0 unspecified atom stereocenters. The minimum atomic E-state index is -4.94. The SMILES string of the molecule is Cc1ccc(Nc2ccc(C=Cc3ccc(-c4nc(Nc5ccc(C)cc5)nc(N5CCOCC5)n4)c(N)c3S(=O)(=O)O)c(S(=O)(=O)O)c2)cc1. The van der Waals surface area contributed by atoms with Crippen LogP contribution in [0.5, 0.6) is 0 Å². The van der Waals surface area contributed by atoms with Gasteiger partial charge in [0.2, 0.25) is 11.9 Å². The van der Waals surface area contributed by atoms with Crippen molar-refractivity contribution in [2.75, 3.05) is 47.6 Å². The molecule has 6 N–H and O–H groups in total. The van der Waals surface area contributed by atoms with Gasteiger partial charge in [-0.1, -0.05) is 59.7 Å². The Labute approximate surface area is 295 Å². The van der Waals surface area contributed by atoms with Crippen molar-refractivity contribution in [2.24, 2.45) is 0 Å². The van der Waals surface area contributed by atoms with E-state index in [1.165, 1.54) is 36.4 Å². The Morgan fingerprint density at radius 1 is 0.725 bits per heavy atom. The van der Waals surface area contributed by atoms with E-state index in [2.05, 4.69) is 25.6 Å². The van der Waals surface area contributed by atoms with E-state index in [4.69, 9.17) is 10.5 Å². The summed E-state index contributed by atoms with van der Waals surface area (Å²) >= 11 is 0. The van der Waals surface area contributed by atoms with Gasteiger partial charge in [-0.15, -0.1) is 0 Å². The number of hydrogen-bond donors (Lipinski definition) is 5. The molecule has 0 amide bonds. The number of morpholine rings is 1. The van der Waals surface area contributed by atoms with Gasteiger partial charge in [0.1, 0.15) is 9.79 Å². The quantitative estimate of drug-likeness (QED) is 0.0661. The van der Waals surface area contributed by atoms with Gasteiger partial charge in [-0.05, 0) is 67.4 Å². The highest BCUT2D eigenvalue weighted by molar-refractivity contribution is 7.86. The summed E-state index contributed by atoms with van der Waals surface area (Å²) in [6, 6.07) is 22.2. The Morgan fingerprint density at radius 2 is 1.29 bits per heavy atom. The molecule has 14 nitrogen and oxygen atoms in total. The first-order valence-corrected chi connectivity index (χ1v) is 18.6. The smallest absolute Gasteiger partial charge is 0.297 e. The summed E-state index contributed by atoms with van der Waals surface area (Å²) in [5, 5.41) is 6.25. The number of hydrogen-bond acceptors (Lipinski definition) is 12. The Morgan fingerprint density at radius 3 is 1.90 bits per heavy atom. The first-order chi connectivity index (χ1) is 24.2. The fraction of sp³-hybridized carbons (Fsp3) is 0.171. The topological polar surface area (TPSA) is 210 Å². The van der Waals surface area contributed by atoms with Gasteiger partial charge in [-0.2, -0.15) is 31.8 Å². The van der Waals surface area contributed by atoms with E-state index < -0.39 is 30.0 Å². The molecular formula is C35H35N7O7S2. The van der Waals surface area contributed by atoms with Gasteiger partial charge in [0.15, 0.2) is 5.82 Å². The Balaban J connectivity index is 1.39. The Kier molecular flexibility index (Phi) is 10.0. The number of aryl methyl sites for hydroxylation is 2. The van der Waals surface area contributed by atoms with Gasteiger partial charge >= 0.3 is 0 Å². The van der Waals surface area contributed by atoms with Gasteiger partial charge in [0.25, 0.3) is 20.2 Å². The molecule has 0 atom stereocenters. The third-order valence-corrected chi connectivity index (χ3v) is 9.91. The highest BCUT2D eigenvalue weighted by atomic mass is 32.2. The summed E-state index contributed by atoms with van der Waals surface area (Å²) in [5.41, 5.74) is 10.1. The van der Waals surface area contributed by atoms with Crippen molar-refractivity contribution in [2.45, 2.75) is 23.6 Å². The minimum Gasteiger partial charge on any atom is -0.397 e. The first kappa shape index (κ1) is 35.4. The van der Waals surface area contributed by atoms with E-state index in [-0.39, 0.29) is 34.2 Å². The Hall–Kier alpha value is -5.39. The van der Waals surface area contributed by atoms with Crippen LogP contribution in [0.1, 0.15) is 22.3 Å². The van der Waals surface area contributed by atoms with Crippen molar-refractivity contribution in [1.82, 2.24) is 15.0 Å².